The number of carbonyl (C=O) groups excluding carboxylic acids is 6. The highest BCUT2D eigenvalue weighted by Gasteiger charge is 2.25. The lowest BCUT2D eigenvalue weighted by Crippen LogP contribution is -2.11. The van der Waals surface area contributed by atoms with E-state index < -0.39 is 5.78 Å². The van der Waals surface area contributed by atoms with Gasteiger partial charge in [-0.1, -0.05) is 66.7 Å². The lowest BCUT2D eigenvalue weighted by Gasteiger charge is -2.17. The summed E-state index contributed by atoms with van der Waals surface area (Å²) in [7, 11) is 0. The Hall–Kier alpha value is -5.36. The maximum Gasteiger partial charge on any atom is 0.195 e. The number of hydrogen-bond donors (Lipinski definition) is 0. The summed E-state index contributed by atoms with van der Waals surface area (Å²) >= 11 is 0. The van der Waals surface area contributed by atoms with Gasteiger partial charge in [0, 0.05) is 44.5 Å². The zero-order valence-electron chi connectivity index (χ0n) is 19.8. The second-order valence-corrected chi connectivity index (χ2v) is 8.64. The van der Waals surface area contributed by atoms with Crippen molar-refractivity contribution in [3.8, 4) is 11.1 Å². The number of fused-ring (bicyclic) bond motifs is 2. The molecule has 0 N–H and O–H groups in total. The molecule has 0 aliphatic heterocycles. The molecule has 38 heavy (non-hydrogen) atoms. The fourth-order valence-corrected chi connectivity index (χ4v) is 5.03. The summed E-state index contributed by atoms with van der Waals surface area (Å²) in [6.07, 6.45) is 2.86. The summed E-state index contributed by atoms with van der Waals surface area (Å²) in [6, 6.07) is 21.1. The van der Waals surface area contributed by atoms with Gasteiger partial charge in [0.1, 0.15) is 6.29 Å². The van der Waals surface area contributed by atoms with Crippen LogP contribution in [0.3, 0.4) is 0 Å². The van der Waals surface area contributed by atoms with Crippen LogP contribution in [0.25, 0.3) is 32.7 Å². The van der Waals surface area contributed by atoms with Crippen molar-refractivity contribution in [1.29, 1.82) is 0 Å². The van der Waals surface area contributed by atoms with Gasteiger partial charge in [0.05, 0.1) is 0 Å². The molecule has 6 heteroatoms. The summed E-state index contributed by atoms with van der Waals surface area (Å²) < 4.78 is 0. The smallest absolute Gasteiger partial charge is 0.195 e. The van der Waals surface area contributed by atoms with Crippen LogP contribution in [0.5, 0.6) is 0 Å². The fourth-order valence-electron chi connectivity index (χ4n) is 5.03. The largest absolute Gasteiger partial charge is 0.298 e. The Morgan fingerprint density at radius 1 is 0.526 bits per heavy atom. The average molecular weight is 498 g/mol. The second kappa shape index (κ2) is 9.95. The normalized spacial score (nSPS) is 10.7. The predicted octanol–water partition coefficient (Wildman–Crippen LogP) is 5.95. The van der Waals surface area contributed by atoms with E-state index in [1.54, 1.807) is 48.5 Å². The minimum atomic E-state index is -0.543. The quantitative estimate of drug-likeness (QED) is 0.149. The molecule has 0 aromatic heterocycles. The Kier molecular flexibility index (Phi) is 6.37. The van der Waals surface area contributed by atoms with E-state index in [9.17, 15) is 28.8 Å². The fraction of sp³-hybridized carbons (Fsp3) is 0. The first-order valence-electron chi connectivity index (χ1n) is 11.6. The Bertz CT molecular complexity index is 1750. The topological polar surface area (TPSA) is 102 Å². The van der Waals surface area contributed by atoms with Gasteiger partial charge in [-0.3, -0.25) is 28.8 Å². The Balaban J connectivity index is 1.91. The van der Waals surface area contributed by atoms with Gasteiger partial charge in [0.25, 0.3) is 0 Å². The van der Waals surface area contributed by atoms with Crippen LogP contribution in [-0.2, 0) is 0 Å². The summed E-state index contributed by atoms with van der Waals surface area (Å²) in [4.78, 5) is 74.5. The van der Waals surface area contributed by atoms with Gasteiger partial charge >= 0.3 is 0 Å². The Morgan fingerprint density at radius 2 is 1.05 bits per heavy atom. The molecule has 6 nitrogen and oxygen atoms in total. The first-order valence-corrected chi connectivity index (χ1v) is 11.6. The third-order valence-corrected chi connectivity index (χ3v) is 6.67. The first-order chi connectivity index (χ1) is 18.6. The highest BCUT2D eigenvalue weighted by atomic mass is 16.1. The molecule has 0 saturated heterocycles. The van der Waals surface area contributed by atoms with Crippen molar-refractivity contribution in [2.24, 2.45) is 0 Å². The molecule has 5 rings (SSSR count). The van der Waals surface area contributed by atoms with Crippen molar-refractivity contribution in [3.05, 3.63) is 118 Å². The van der Waals surface area contributed by atoms with E-state index in [0.29, 0.717) is 52.3 Å². The number of ketones is 1. The number of rotatable bonds is 8. The number of aldehydes is 5. The van der Waals surface area contributed by atoms with E-state index >= 15 is 0 Å². The zero-order chi connectivity index (χ0) is 26.8. The molecule has 0 radical (unpaired) electrons. The molecule has 5 aromatic rings. The van der Waals surface area contributed by atoms with Crippen molar-refractivity contribution in [1.82, 2.24) is 0 Å². The van der Waals surface area contributed by atoms with Crippen LogP contribution >= 0.6 is 0 Å². The molecule has 0 aliphatic rings. The van der Waals surface area contributed by atoms with E-state index in [0.717, 1.165) is 6.29 Å². The molecule has 0 fully saturated rings. The van der Waals surface area contributed by atoms with Crippen LogP contribution in [0.15, 0.2) is 78.9 Å². The number of carbonyl (C=O) groups is 6. The molecule has 0 heterocycles. The summed E-state index contributed by atoms with van der Waals surface area (Å²) in [5.74, 6) is -0.543. The van der Waals surface area contributed by atoms with Crippen molar-refractivity contribution in [3.63, 3.8) is 0 Å². The summed E-state index contributed by atoms with van der Waals surface area (Å²) in [6.45, 7) is 0. The van der Waals surface area contributed by atoms with Gasteiger partial charge in [0.2, 0.25) is 0 Å². The summed E-state index contributed by atoms with van der Waals surface area (Å²) in [5.41, 5.74) is 1.19. The van der Waals surface area contributed by atoms with Gasteiger partial charge in [-0.15, -0.1) is 0 Å². The summed E-state index contributed by atoms with van der Waals surface area (Å²) in [5, 5.41) is 2.15. The minimum Gasteiger partial charge on any atom is -0.298 e. The minimum absolute atomic E-state index is 0.0636. The molecular weight excluding hydrogens is 480 g/mol. The average Bonchev–Trinajstić information content (AvgIpc) is 2.98. The van der Waals surface area contributed by atoms with Gasteiger partial charge in [0.15, 0.2) is 30.9 Å². The van der Waals surface area contributed by atoms with E-state index in [4.69, 9.17) is 0 Å². The highest BCUT2D eigenvalue weighted by Crippen LogP contribution is 2.37. The van der Waals surface area contributed by atoms with E-state index in [1.807, 2.05) is 0 Å². The van der Waals surface area contributed by atoms with Gasteiger partial charge in [-0.2, -0.15) is 0 Å². The predicted molar refractivity (Wildman–Crippen MR) is 144 cm³/mol. The second-order valence-electron chi connectivity index (χ2n) is 8.64. The standard InChI is InChI=1S/C32H18O6/c33-14-19-12-26(30-20(15-34)6-5-7-21(30)16-35)29(18-37)27(13-19)32(38)31-24-10-3-1-8-22(24)28(17-36)23-9-2-4-11-25(23)31/h1-18H. The molecule has 5 aromatic carbocycles. The van der Waals surface area contributed by atoms with Crippen LogP contribution in [0, 0.1) is 0 Å². The molecular formula is C32H18O6. The van der Waals surface area contributed by atoms with Crippen molar-refractivity contribution >= 4 is 58.8 Å². The number of hydrogen-bond acceptors (Lipinski definition) is 6. The molecule has 0 unspecified atom stereocenters. The molecule has 0 bridgehead atoms. The Morgan fingerprint density at radius 3 is 1.53 bits per heavy atom. The van der Waals surface area contributed by atoms with Crippen molar-refractivity contribution in [2.45, 2.75) is 0 Å². The molecule has 0 atom stereocenters. The third kappa shape index (κ3) is 3.76. The van der Waals surface area contributed by atoms with Crippen molar-refractivity contribution in [2.75, 3.05) is 0 Å². The maximum absolute atomic E-state index is 14.3. The molecule has 0 saturated carbocycles. The molecule has 0 aliphatic carbocycles. The van der Waals surface area contributed by atoms with Gasteiger partial charge < -0.3 is 0 Å². The zero-order valence-corrected chi connectivity index (χ0v) is 19.8. The van der Waals surface area contributed by atoms with Gasteiger partial charge in [-0.05, 0) is 39.2 Å². The number of benzene rings is 5. The lowest BCUT2D eigenvalue weighted by molar-refractivity contribution is 0.103. The van der Waals surface area contributed by atoms with E-state index in [2.05, 4.69) is 0 Å². The maximum atomic E-state index is 14.3. The van der Waals surface area contributed by atoms with Crippen LogP contribution in [0.2, 0.25) is 0 Å². The van der Waals surface area contributed by atoms with E-state index in [1.165, 1.54) is 30.3 Å². The van der Waals surface area contributed by atoms with E-state index in [-0.39, 0.29) is 44.5 Å². The van der Waals surface area contributed by atoms with Crippen molar-refractivity contribution < 1.29 is 28.8 Å². The van der Waals surface area contributed by atoms with Crippen LogP contribution in [0.1, 0.15) is 67.7 Å². The lowest BCUT2D eigenvalue weighted by atomic mass is 9.84. The Labute approximate surface area is 216 Å². The third-order valence-electron chi connectivity index (χ3n) is 6.67. The highest BCUT2D eigenvalue weighted by molar-refractivity contribution is 6.29. The molecule has 0 amide bonds. The first kappa shape index (κ1) is 24.3. The molecule has 182 valence electrons. The van der Waals surface area contributed by atoms with Gasteiger partial charge in [-0.25, -0.2) is 0 Å². The molecule has 0 spiro atoms. The SMILES string of the molecule is O=Cc1cc(C(=O)c2c3ccccc3c(C=O)c3ccccc23)c(C=O)c(-c2c(C=O)cccc2C=O)c1. The van der Waals surface area contributed by atoms with Crippen LogP contribution in [-0.4, -0.2) is 37.2 Å². The monoisotopic (exact) mass is 498 g/mol. The van der Waals surface area contributed by atoms with Crippen LogP contribution < -0.4 is 0 Å². The van der Waals surface area contributed by atoms with Crippen LogP contribution in [0.4, 0.5) is 0 Å².